The first-order valence-corrected chi connectivity index (χ1v) is 9.76. The van der Waals surface area contributed by atoms with Crippen molar-refractivity contribution < 1.29 is 9.32 Å². The number of aromatic nitrogens is 2. The van der Waals surface area contributed by atoms with E-state index in [-0.39, 0.29) is 0 Å². The Kier molecular flexibility index (Phi) is 3.91. The molecule has 3 fully saturated rings. The van der Waals surface area contributed by atoms with E-state index in [0.29, 0.717) is 23.6 Å². The predicted molar refractivity (Wildman–Crippen MR) is 97.8 cm³/mol. The largest absolute Gasteiger partial charge is 0.368 e. The Balaban J connectivity index is 1.22. The second kappa shape index (κ2) is 6.41. The smallest absolute Gasteiger partial charge is 0.230 e. The maximum atomic E-state index is 12.2. The minimum absolute atomic E-state index is 0.320. The molecule has 1 aromatic heterocycles. The van der Waals surface area contributed by atoms with Crippen LogP contribution in [0.15, 0.2) is 28.8 Å². The molecule has 5 rings (SSSR count). The number of nitrogens with zero attached hydrogens (tertiary/aromatic N) is 4. The van der Waals surface area contributed by atoms with Gasteiger partial charge in [0.2, 0.25) is 17.6 Å². The van der Waals surface area contributed by atoms with Gasteiger partial charge in [-0.2, -0.15) is 4.98 Å². The number of benzene rings is 1. The standard InChI is InChI=1S/C20H24N4O2/c25-20(16-4-5-16)24-12-10-23(11-13-24)17-8-6-14(7-9-17)18-21-19(26-22-18)15-2-1-3-15/h6-9,15-16H,1-5,10-13H2. The molecule has 2 aliphatic carbocycles. The third-order valence-corrected chi connectivity index (χ3v) is 5.90. The lowest BCUT2D eigenvalue weighted by Crippen LogP contribution is -2.49. The summed E-state index contributed by atoms with van der Waals surface area (Å²) in [5.41, 5.74) is 2.18. The Hall–Kier alpha value is -2.37. The molecule has 0 N–H and O–H groups in total. The van der Waals surface area contributed by atoms with Crippen molar-refractivity contribution in [2.24, 2.45) is 5.92 Å². The summed E-state index contributed by atoms with van der Waals surface area (Å²) in [7, 11) is 0. The Bertz CT molecular complexity index is 784. The van der Waals surface area contributed by atoms with Gasteiger partial charge in [-0.1, -0.05) is 11.6 Å². The van der Waals surface area contributed by atoms with Gasteiger partial charge in [-0.15, -0.1) is 0 Å². The molecule has 0 bridgehead atoms. The van der Waals surface area contributed by atoms with Gasteiger partial charge in [-0.3, -0.25) is 4.79 Å². The summed E-state index contributed by atoms with van der Waals surface area (Å²) in [5, 5.41) is 4.14. The summed E-state index contributed by atoms with van der Waals surface area (Å²) >= 11 is 0. The predicted octanol–water partition coefficient (Wildman–Crippen LogP) is 3.06. The molecular weight excluding hydrogens is 328 g/mol. The van der Waals surface area contributed by atoms with E-state index in [1.807, 2.05) is 4.90 Å². The summed E-state index contributed by atoms with van der Waals surface area (Å²) in [6.45, 7) is 3.44. The van der Waals surface area contributed by atoms with Crippen molar-refractivity contribution in [2.75, 3.05) is 31.1 Å². The van der Waals surface area contributed by atoms with E-state index in [9.17, 15) is 4.79 Å². The quantitative estimate of drug-likeness (QED) is 0.846. The zero-order chi connectivity index (χ0) is 17.5. The number of carbonyl (C=O) groups excluding carboxylic acids is 1. The average molecular weight is 352 g/mol. The van der Waals surface area contributed by atoms with Crippen molar-refractivity contribution in [3.63, 3.8) is 0 Å². The van der Waals surface area contributed by atoms with Gasteiger partial charge in [-0.25, -0.2) is 0 Å². The molecule has 26 heavy (non-hydrogen) atoms. The van der Waals surface area contributed by atoms with Gasteiger partial charge in [0.1, 0.15) is 0 Å². The lowest BCUT2D eigenvalue weighted by atomic mass is 9.85. The summed E-state index contributed by atoms with van der Waals surface area (Å²) < 4.78 is 5.42. The van der Waals surface area contributed by atoms with Crippen molar-refractivity contribution in [1.29, 1.82) is 0 Å². The molecule has 0 spiro atoms. The lowest BCUT2D eigenvalue weighted by Gasteiger charge is -2.36. The van der Waals surface area contributed by atoms with Gasteiger partial charge in [0.05, 0.1) is 0 Å². The average Bonchev–Trinajstić information content (AvgIpc) is 3.39. The molecule has 0 atom stereocenters. The minimum Gasteiger partial charge on any atom is -0.368 e. The molecule has 0 unspecified atom stereocenters. The van der Waals surface area contributed by atoms with Gasteiger partial charge >= 0.3 is 0 Å². The highest BCUT2D eigenvalue weighted by Crippen LogP contribution is 2.36. The summed E-state index contributed by atoms with van der Waals surface area (Å²) in [4.78, 5) is 21.1. The third-order valence-electron chi connectivity index (χ3n) is 5.90. The van der Waals surface area contributed by atoms with E-state index in [1.54, 1.807) is 0 Å². The van der Waals surface area contributed by atoms with Crippen LogP contribution in [-0.4, -0.2) is 47.1 Å². The van der Waals surface area contributed by atoms with Crippen LogP contribution >= 0.6 is 0 Å². The summed E-state index contributed by atoms with van der Waals surface area (Å²) in [5.74, 6) is 2.61. The fourth-order valence-corrected chi connectivity index (χ4v) is 3.77. The second-order valence-electron chi connectivity index (χ2n) is 7.72. The van der Waals surface area contributed by atoms with E-state index < -0.39 is 0 Å². The fourth-order valence-electron chi connectivity index (χ4n) is 3.77. The van der Waals surface area contributed by atoms with Gasteiger partial charge in [-0.05, 0) is 49.9 Å². The van der Waals surface area contributed by atoms with Gasteiger partial charge in [0.15, 0.2) is 0 Å². The van der Waals surface area contributed by atoms with E-state index in [4.69, 9.17) is 4.52 Å². The molecule has 1 aromatic carbocycles. The molecule has 1 aliphatic heterocycles. The highest BCUT2D eigenvalue weighted by Gasteiger charge is 2.34. The topological polar surface area (TPSA) is 62.5 Å². The van der Waals surface area contributed by atoms with Crippen LogP contribution in [-0.2, 0) is 4.79 Å². The Morgan fingerprint density at radius 3 is 2.35 bits per heavy atom. The third kappa shape index (κ3) is 2.97. The van der Waals surface area contributed by atoms with Crippen LogP contribution in [0.1, 0.15) is 43.9 Å². The van der Waals surface area contributed by atoms with Crippen molar-refractivity contribution in [3.8, 4) is 11.4 Å². The number of anilines is 1. The number of amides is 1. The van der Waals surface area contributed by atoms with Crippen LogP contribution in [0.4, 0.5) is 5.69 Å². The first-order chi connectivity index (χ1) is 12.8. The van der Waals surface area contributed by atoms with E-state index in [0.717, 1.165) is 63.3 Å². The van der Waals surface area contributed by atoms with Crippen LogP contribution < -0.4 is 4.90 Å². The Morgan fingerprint density at radius 2 is 1.73 bits per heavy atom. The molecule has 136 valence electrons. The molecule has 2 saturated carbocycles. The molecule has 2 aromatic rings. The molecule has 1 amide bonds. The molecule has 6 heteroatoms. The monoisotopic (exact) mass is 352 g/mol. The normalized spacial score (nSPS) is 20.9. The number of piperazine rings is 1. The van der Waals surface area contributed by atoms with Crippen LogP contribution in [0.2, 0.25) is 0 Å². The van der Waals surface area contributed by atoms with Crippen LogP contribution in [0.25, 0.3) is 11.4 Å². The summed E-state index contributed by atoms with van der Waals surface area (Å²) in [6, 6.07) is 8.36. The highest BCUT2D eigenvalue weighted by molar-refractivity contribution is 5.81. The highest BCUT2D eigenvalue weighted by atomic mass is 16.5. The first kappa shape index (κ1) is 15.9. The molecule has 2 heterocycles. The van der Waals surface area contributed by atoms with E-state index in [1.165, 1.54) is 12.1 Å². The van der Waals surface area contributed by atoms with Crippen LogP contribution in [0.5, 0.6) is 0 Å². The summed E-state index contributed by atoms with van der Waals surface area (Å²) in [6.07, 6.45) is 5.75. The number of hydrogen-bond acceptors (Lipinski definition) is 5. The lowest BCUT2D eigenvalue weighted by molar-refractivity contribution is -0.132. The van der Waals surface area contributed by atoms with Crippen molar-refractivity contribution >= 4 is 11.6 Å². The zero-order valence-electron chi connectivity index (χ0n) is 14.9. The number of carbonyl (C=O) groups is 1. The fraction of sp³-hybridized carbons (Fsp3) is 0.550. The SMILES string of the molecule is O=C(C1CC1)N1CCN(c2ccc(-c3noc(C4CCC4)n3)cc2)CC1. The molecular formula is C20H24N4O2. The maximum Gasteiger partial charge on any atom is 0.230 e. The van der Waals surface area contributed by atoms with E-state index in [2.05, 4.69) is 39.3 Å². The molecule has 0 radical (unpaired) electrons. The number of hydrogen-bond donors (Lipinski definition) is 0. The zero-order valence-corrected chi connectivity index (χ0v) is 14.9. The molecule has 1 saturated heterocycles. The van der Waals surface area contributed by atoms with Crippen molar-refractivity contribution in [1.82, 2.24) is 15.0 Å². The second-order valence-corrected chi connectivity index (χ2v) is 7.72. The van der Waals surface area contributed by atoms with Gasteiger partial charge in [0, 0.05) is 49.3 Å². The van der Waals surface area contributed by atoms with Gasteiger partial charge < -0.3 is 14.3 Å². The van der Waals surface area contributed by atoms with Gasteiger partial charge in [0.25, 0.3) is 0 Å². The van der Waals surface area contributed by atoms with E-state index >= 15 is 0 Å². The van der Waals surface area contributed by atoms with Crippen molar-refractivity contribution in [2.45, 2.75) is 38.0 Å². The number of rotatable bonds is 4. The molecule has 6 nitrogen and oxygen atoms in total. The van der Waals surface area contributed by atoms with Crippen LogP contribution in [0.3, 0.4) is 0 Å². The van der Waals surface area contributed by atoms with Crippen molar-refractivity contribution in [3.05, 3.63) is 30.2 Å². The molecule has 3 aliphatic rings. The minimum atomic E-state index is 0.320. The maximum absolute atomic E-state index is 12.2. The Morgan fingerprint density at radius 1 is 1.00 bits per heavy atom. The first-order valence-electron chi connectivity index (χ1n) is 9.76. The Labute approximate surface area is 153 Å². The van der Waals surface area contributed by atoms with Crippen LogP contribution in [0, 0.1) is 5.92 Å².